The molecule has 3 aromatic rings. The van der Waals surface area contributed by atoms with Crippen molar-refractivity contribution in [2.45, 2.75) is 86.1 Å². The third-order valence-corrected chi connectivity index (χ3v) is 23.0. The van der Waals surface area contributed by atoms with Crippen molar-refractivity contribution in [3.8, 4) is 6.07 Å². The number of hydrogen-bond donors (Lipinski definition) is 0. The predicted octanol–water partition coefficient (Wildman–Crippen LogP) is 7.13. The summed E-state index contributed by atoms with van der Waals surface area (Å²) in [6.45, 7) is 9.46. The molecule has 1 heterocycles. The molecule has 0 N–H and O–H groups in total. The van der Waals surface area contributed by atoms with Gasteiger partial charge in [0, 0.05) is 0 Å². The van der Waals surface area contributed by atoms with Crippen LogP contribution in [-0.4, -0.2) is 34.4 Å². The third kappa shape index (κ3) is 5.74. The van der Waals surface area contributed by atoms with E-state index >= 15 is 0 Å². The van der Waals surface area contributed by atoms with Gasteiger partial charge < -0.3 is 0 Å². The van der Waals surface area contributed by atoms with Crippen LogP contribution in [0.2, 0.25) is 13.3 Å². The van der Waals surface area contributed by atoms with Crippen molar-refractivity contribution < 1.29 is 4.79 Å². The summed E-state index contributed by atoms with van der Waals surface area (Å²) in [5, 5.41) is 15.3. The minimum atomic E-state index is -2.62. The molecule has 4 nitrogen and oxygen atoms in total. The van der Waals surface area contributed by atoms with Gasteiger partial charge in [-0.05, 0) is 0 Å². The first-order valence-electron chi connectivity index (χ1n) is 13.0. The maximum atomic E-state index is 11.9. The van der Waals surface area contributed by atoms with Crippen molar-refractivity contribution in [2.24, 2.45) is 0 Å². The Morgan fingerprint density at radius 1 is 1.00 bits per heavy atom. The van der Waals surface area contributed by atoms with Crippen LogP contribution in [0.15, 0.2) is 36.4 Å². The van der Waals surface area contributed by atoms with Gasteiger partial charge in [0.2, 0.25) is 0 Å². The number of rotatable bonds is 13. The molecule has 0 radical (unpaired) electrons. The van der Waals surface area contributed by atoms with Gasteiger partial charge in [-0.25, -0.2) is 0 Å². The van der Waals surface area contributed by atoms with Gasteiger partial charge in [0.25, 0.3) is 0 Å². The fourth-order valence-corrected chi connectivity index (χ4v) is 21.2. The van der Waals surface area contributed by atoms with E-state index in [1.54, 1.807) is 3.58 Å². The van der Waals surface area contributed by atoms with E-state index in [9.17, 15) is 10.1 Å². The molecule has 0 amide bonds. The van der Waals surface area contributed by atoms with Gasteiger partial charge in [-0.1, -0.05) is 0 Å². The van der Waals surface area contributed by atoms with Crippen LogP contribution in [-0.2, 0) is 6.54 Å². The molecule has 180 valence electrons. The molecule has 0 spiro atoms. The summed E-state index contributed by atoms with van der Waals surface area (Å²) in [6.07, 6.45) is 8.55. The van der Waals surface area contributed by atoms with Crippen LogP contribution in [0.1, 0.15) is 86.5 Å². The van der Waals surface area contributed by atoms with Crippen LogP contribution in [0.3, 0.4) is 0 Å². The summed E-state index contributed by atoms with van der Waals surface area (Å²) in [5.41, 5.74) is 4.26. The Morgan fingerprint density at radius 2 is 1.65 bits per heavy atom. The zero-order valence-corrected chi connectivity index (χ0v) is 24.2. The van der Waals surface area contributed by atoms with Crippen molar-refractivity contribution in [3.05, 3.63) is 58.8 Å². The molecule has 1 aromatic heterocycles. The van der Waals surface area contributed by atoms with E-state index in [-0.39, 0.29) is 0 Å². The topological polar surface area (TPSA) is 58.7 Å². The number of hydrogen-bond acceptors (Lipinski definition) is 3. The van der Waals surface area contributed by atoms with Crippen molar-refractivity contribution in [3.63, 3.8) is 0 Å². The van der Waals surface area contributed by atoms with Crippen LogP contribution >= 0.6 is 0 Å². The monoisotopic (exact) mass is 565 g/mol. The Balaban J connectivity index is 2.16. The number of carbonyl (C=O) groups excluding carboxylic acids is 1. The second-order valence-electron chi connectivity index (χ2n) is 9.70. The van der Waals surface area contributed by atoms with E-state index in [0.717, 1.165) is 28.3 Å². The molecule has 0 unspecified atom stereocenters. The molecule has 5 heteroatoms. The molecule has 0 aliphatic carbocycles. The van der Waals surface area contributed by atoms with Gasteiger partial charge >= 0.3 is 210 Å². The van der Waals surface area contributed by atoms with Crippen molar-refractivity contribution in [1.29, 1.82) is 5.26 Å². The summed E-state index contributed by atoms with van der Waals surface area (Å²) in [5.74, 6) is 0. The SMILES string of the molecule is CCC[CH2][Sn]([CH2]CCC)([CH2]CCC)[c]1ccc2c(C=O)nn(Cc3c(C)cccc3C#N)c2c1. The van der Waals surface area contributed by atoms with E-state index in [0.29, 0.717) is 17.8 Å². The van der Waals surface area contributed by atoms with E-state index in [2.05, 4.69) is 45.0 Å². The average Bonchev–Trinajstić information content (AvgIpc) is 3.22. The molecule has 0 bridgehead atoms. The number of nitrogens with zero attached hydrogens (tertiary/aromatic N) is 3. The van der Waals surface area contributed by atoms with Crippen LogP contribution in [0, 0.1) is 18.3 Å². The minimum absolute atomic E-state index is 0.491. The summed E-state index contributed by atoms with van der Waals surface area (Å²) >= 11 is -2.62. The number of aryl methyl sites for hydroxylation is 1. The quantitative estimate of drug-likeness (QED) is 0.164. The second kappa shape index (κ2) is 12.5. The summed E-state index contributed by atoms with van der Waals surface area (Å²) in [4.78, 5) is 11.9. The molecule has 0 aliphatic heterocycles. The molecule has 0 saturated carbocycles. The van der Waals surface area contributed by atoms with Crippen molar-refractivity contribution in [2.75, 3.05) is 0 Å². The zero-order chi connectivity index (χ0) is 24.6. The van der Waals surface area contributed by atoms with Gasteiger partial charge in [0.1, 0.15) is 0 Å². The zero-order valence-electron chi connectivity index (χ0n) is 21.4. The molecule has 34 heavy (non-hydrogen) atoms. The number of aldehydes is 1. The Bertz CT molecular complexity index is 1140. The first-order valence-corrected chi connectivity index (χ1v) is 20.5. The molecular formula is C29H39N3OSn. The second-order valence-corrected chi connectivity index (χ2v) is 22.9. The van der Waals surface area contributed by atoms with Gasteiger partial charge in [0.05, 0.1) is 0 Å². The number of aromatic nitrogens is 2. The average molecular weight is 564 g/mol. The Morgan fingerprint density at radius 3 is 2.21 bits per heavy atom. The first kappa shape index (κ1) is 26.5. The van der Waals surface area contributed by atoms with Crippen LogP contribution in [0.5, 0.6) is 0 Å². The maximum absolute atomic E-state index is 11.9. The Hall–Kier alpha value is -2.13. The Kier molecular flexibility index (Phi) is 9.76. The van der Waals surface area contributed by atoms with E-state index in [1.807, 2.05) is 29.8 Å². The normalized spacial score (nSPS) is 11.6. The standard InChI is InChI=1S/C17H12N3O.3C4H9.Sn/c1-12-5-4-6-13(9-18)15(12)10-20-17-8-3-2-7-14(17)16(11-21)19-20;3*1-3-4-2;/h2,4-8,11H,10H2,1H3;3*1,3-4H2,2H3;. The van der Waals surface area contributed by atoms with E-state index in [4.69, 9.17) is 5.10 Å². The van der Waals surface area contributed by atoms with E-state index < -0.39 is 18.4 Å². The van der Waals surface area contributed by atoms with Crippen LogP contribution in [0.4, 0.5) is 0 Å². The van der Waals surface area contributed by atoms with Gasteiger partial charge in [-0.3, -0.25) is 0 Å². The molecule has 0 saturated heterocycles. The summed E-state index contributed by atoms with van der Waals surface area (Å²) < 4.78 is 7.76. The summed E-state index contributed by atoms with van der Waals surface area (Å²) in [6, 6.07) is 15.0. The predicted molar refractivity (Wildman–Crippen MR) is 145 cm³/mol. The number of unbranched alkanes of at least 4 members (excludes halogenated alkanes) is 3. The summed E-state index contributed by atoms with van der Waals surface area (Å²) in [7, 11) is 0. The van der Waals surface area contributed by atoms with Gasteiger partial charge in [-0.15, -0.1) is 0 Å². The molecular weight excluding hydrogens is 525 g/mol. The molecule has 0 atom stereocenters. The molecule has 0 fully saturated rings. The van der Waals surface area contributed by atoms with Crippen molar-refractivity contribution in [1.82, 2.24) is 9.78 Å². The molecule has 2 aromatic carbocycles. The van der Waals surface area contributed by atoms with E-state index in [1.165, 1.54) is 51.8 Å². The fraction of sp³-hybridized carbons (Fsp3) is 0.483. The van der Waals surface area contributed by atoms with Crippen LogP contribution in [0.25, 0.3) is 10.9 Å². The third-order valence-electron chi connectivity index (χ3n) is 7.37. The first-order chi connectivity index (χ1) is 16.5. The molecule has 0 aliphatic rings. The number of benzene rings is 2. The Labute approximate surface area is 209 Å². The van der Waals surface area contributed by atoms with Gasteiger partial charge in [0.15, 0.2) is 0 Å². The molecule has 3 rings (SSSR count). The van der Waals surface area contributed by atoms with Crippen molar-refractivity contribution >= 4 is 39.1 Å². The van der Waals surface area contributed by atoms with Gasteiger partial charge in [-0.2, -0.15) is 0 Å². The van der Waals surface area contributed by atoms with Crippen LogP contribution < -0.4 is 3.58 Å². The fourth-order valence-electron chi connectivity index (χ4n) is 5.26. The number of fused-ring (bicyclic) bond motifs is 1. The number of nitriles is 1. The number of carbonyl (C=O) groups is 1.